The third-order valence-electron chi connectivity index (χ3n) is 3.41. The summed E-state index contributed by atoms with van der Waals surface area (Å²) in [5, 5.41) is 0. The molecule has 19 heavy (non-hydrogen) atoms. The Morgan fingerprint density at radius 3 is 3.11 bits per heavy atom. The fourth-order valence-corrected chi connectivity index (χ4v) is 2.40. The average molecular weight is 258 g/mol. The second-order valence-corrected chi connectivity index (χ2v) is 4.70. The molecule has 0 saturated carbocycles. The van der Waals surface area contributed by atoms with Crippen LogP contribution in [0.5, 0.6) is 0 Å². The van der Waals surface area contributed by atoms with Gasteiger partial charge in [0.05, 0.1) is 30.0 Å². The van der Waals surface area contributed by atoms with Crippen LogP contribution in [0.2, 0.25) is 0 Å². The van der Waals surface area contributed by atoms with Crippen LogP contribution < -0.4 is 11.3 Å². The number of nitrogens with zero attached hydrogens (tertiary/aromatic N) is 2. The van der Waals surface area contributed by atoms with Crippen molar-refractivity contribution >= 4 is 11.0 Å². The van der Waals surface area contributed by atoms with Gasteiger partial charge in [0, 0.05) is 6.54 Å². The number of ether oxygens (including phenoxy) is 1. The summed E-state index contributed by atoms with van der Waals surface area (Å²) in [5.41, 5.74) is 4.94. The summed E-state index contributed by atoms with van der Waals surface area (Å²) >= 11 is 0. The Morgan fingerprint density at radius 1 is 1.42 bits per heavy atom. The molecule has 100 valence electrons. The van der Waals surface area contributed by atoms with E-state index in [4.69, 9.17) is 10.6 Å². The molecule has 5 heteroatoms. The molecule has 0 saturated heterocycles. The van der Waals surface area contributed by atoms with E-state index in [0.29, 0.717) is 6.54 Å². The number of nitrogens with one attached hydrogen (secondary N) is 1. The highest BCUT2D eigenvalue weighted by molar-refractivity contribution is 5.74. The van der Waals surface area contributed by atoms with Crippen molar-refractivity contribution in [1.29, 1.82) is 0 Å². The maximum atomic E-state index is 5.68. The molecule has 3 N–H and O–H groups in total. The highest BCUT2D eigenvalue weighted by Crippen LogP contribution is 2.17. The number of hydrazine groups is 1. The topological polar surface area (TPSA) is 65.1 Å². The predicted octanol–water partition coefficient (Wildman–Crippen LogP) is 1.56. The van der Waals surface area contributed by atoms with Gasteiger partial charge in [-0.25, -0.2) is 10.4 Å². The summed E-state index contributed by atoms with van der Waals surface area (Å²) in [7, 11) is 0. The summed E-state index contributed by atoms with van der Waals surface area (Å²) in [6.45, 7) is 1.48. The van der Waals surface area contributed by atoms with Crippen molar-refractivity contribution in [3.05, 3.63) is 42.4 Å². The van der Waals surface area contributed by atoms with E-state index in [1.54, 1.807) is 0 Å². The van der Waals surface area contributed by atoms with E-state index >= 15 is 0 Å². The van der Waals surface area contributed by atoms with Gasteiger partial charge in [-0.1, -0.05) is 12.1 Å². The van der Waals surface area contributed by atoms with Gasteiger partial charge in [0.15, 0.2) is 0 Å². The van der Waals surface area contributed by atoms with Crippen molar-refractivity contribution in [3.63, 3.8) is 0 Å². The Labute approximate surface area is 112 Å². The second-order valence-electron chi connectivity index (χ2n) is 4.70. The molecule has 1 aliphatic heterocycles. The average Bonchev–Trinajstić information content (AvgIpc) is 2.89. The monoisotopic (exact) mass is 258 g/mol. The largest absolute Gasteiger partial charge is 0.496 e. The first-order valence-corrected chi connectivity index (χ1v) is 6.57. The number of imidazole rings is 1. The van der Waals surface area contributed by atoms with Gasteiger partial charge in [0.1, 0.15) is 5.76 Å². The fourth-order valence-electron chi connectivity index (χ4n) is 2.40. The summed E-state index contributed by atoms with van der Waals surface area (Å²) in [6, 6.07) is 8.06. The van der Waals surface area contributed by atoms with Crippen molar-refractivity contribution < 1.29 is 4.74 Å². The van der Waals surface area contributed by atoms with Crippen molar-refractivity contribution in [2.45, 2.75) is 25.4 Å². The molecular formula is C14H18N4O. The lowest BCUT2D eigenvalue weighted by Crippen LogP contribution is -2.41. The lowest BCUT2D eigenvalue weighted by Gasteiger charge is -2.23. The first-order valence-electron chi connectivity index (χ1n) is 6.57. The van der Waals surface area contributed by atoms with Crippen LogP contribution in [0, 0.1) is 0 Å². The number of aromatic nitrogens is 2. The van der Waals surface area contributed by atoms with Gasteiger partial charge in [-0.2, -0.15) is 0 Å². The lowest BCUT2D eigenvalue weighted by atomic mass is 10.1. The van der Waals surface area contributed by atoms with E-state index < -0.39 is 0 Å². The van der Waals surface area contributed by atoms with Crippen LogP contribution in [0.3, 0.4) is 0 Å². The molecule has 3 rings (SSSR count). The second kappa shape index (κ2) is 5.42. The Hall–Kier alpha value is -1.85. The van der Waals surface area contributed by atoms with E-state index in [2.05, 4.69) is 27.1 Å². The number of fused-ring (bicyclic) bond motifs is 1. The van der Waals surface area contributed by atoms with E-state index in [1.165, 1.54) is 0 Å². The van der Waals surface area contributed by atoms with Gasteiger partial charge in [-0.05, 0) is 31.1 Å². The van der Waals surface area contributed by atoms with Crippen LogP contribution >= 0.6 is 0 Å². The Kier molecular flexibility index (Phi) is 3.48. The third-order valence-corrected chi connectivity index (χ3v) is 3.41. The normalized spacial score (nSPS) is 17.0. The smallest absolute Gasteiger partial charge is 0.112 e. The summed E-state index contributed by atoms with van der Waals surface area (Å²) in [6.07, 6.45) is 6.10. The number of hydrogen-bond donors (Lipinski definition) is 2. The molecule has 2 aromatic rings. The minimum Gasteiger partial charge on any atom is -0.496 e. The zero-order valence-corrected chi connectivity index (χ0v) is 10.7. The number of nitrogens with two attached hydrogens (primary N) is 1. The van der Waals surface area contributed by atoms with Crippen LogP contribution in [0.25, 0.3) is 11.0 Å². The van der Waals surface area contributed by atoms with Crippen LogP contribution in [0.15, 0.2) is 42.4 Å². The molecule has 5 nitrogen and oxygen atoms in total. The lowest BCUT2D eigenvalue weighted by molar-refractivity contribution is 0.163. The van der Waals surface area contributed by atoms with Gasteiger partial charge >= 0.3 is 0 Å². The SMILES string of the molecule is NNC(Cn1cnc2ccccc21)C1=CCCCO1. The van der Waals surface area contributed by atoms with Crippen LogP contribution in [-0.4, -0.2) is 22.2 Å². The van der Waals surface area contributed by atoms with E-state index in [9.17, 15) is 0 Å². The van der Waals surface area contributed by atoms with Gasteiger partial charge in [0.2, 0.25) is 0 Å². The van der Waals surface area contributed by atoms with Crippen LogP contribution in [0.1, 0.15) is 12.8 Å². The molecular weight excluding hydrogens is 240 g/mol. The van der Waals surface area contributed by atoms with E-state index in [1.807, 2.05) is 24.5 Å². The number of hydrogen-bond acceptors (Lipinski definition) is 4. The van der Waals surface area contributed by atoms with Gasteiger partial charge in [-0.3, -0.25) is 5.84 Å². The first-order chi connectivity index (χ1) is 9.38. The third kappa shape index (κ3) is 2.47. The van der Waals surface area contributed by atoms with E-state index in [-0.39, 0.29) is 6.04 Å². The maximum absolute atomic E-state index is 5.68. The zero-order chi connectivity index (χ0) is 13.1. The van der Waals surface area contributed by atoms with Crippen molar-refractivity contribution in [3.8, 4) is 0 Å². The first kappa shape index (κ1) is 12.2. The molecule has 1 aromatic carbocycles. The molecule has 1 aliphatic rings. The van der Waals surface area contributed by atoms with Crippen LogP contribution in [0.4, 0.5) is 0 Å². The van der Waals surface area contributed by atoms with Gasteiger partial charge < -0.3 is 9.30 Å². The molecule has 0 spiro atoms. The predicted molar refractivity (Wildman–Crippen MR) is 74.1 cm³/mol. The van der Waals surface area contributed by atoms with Crippen molar-refractivity contribution in [2.75, 3.05) is 6.61 Å². The fraction of sp³-hybridized carbons (Fsp3) is 0.357. The number of allylic oxidation sites excluding steroid dienone is 1. The molecule has 0 radical (unpaired) electrons. The number of rotatable bonds is 4. The van der Waals surface area contributed by atoms with Crippen molar-refractivity contribution in [2.24, 2.45) is 5.84 Å². The standard InChI is InChI=1S/C14H18N4O/c15-17-12(14-7-3-4-8-19-14)9-18-10-16-11-5-1-2-6-13(11)18/h1-2,5-7,10,12,17H,3-4,8-9,15H2. The Balaban J connectivity index is 1.84. The highest BCUT2D eigenvalue weighted by Gasteiger charge is 2.18. The van der Waals surface area contributed by atoms with Gasteiger partial charge in [0.25, 0.3) is 0 Å². The molecule has 1 aromatic heterocycles. The quantitative estimate of drug-likeness (QED) is 0.645. The van der Waals surface area contributed by atoms with Crippen LogP contribution in [-0.2, 0) is 11.3 Å². The molecule has 0 fully saturated rings. The molecule has 1 unspecified atom stereocenters. The van der Waals surface area contributed by atoms with Crippen molar-refractivity contribution in [1.82, 2.24) is 15.0 Å². The summed E-state index contributed by atoms with van der Waals surface area (Å²) < 4.78 is 7.77. The minimum atomic E-state index is -0.0158. The molecule has 0 aliphatic carbocycles. The number of benzene rings is 1. The number of para-hydroxylation sites is 2. The molecule has 0 amide bonds. The summed E-state index contributed by atoms with van der Waals surface area (Å²) in [5.74, 6) is 6.60. The Morgan fingerprint density at radius 2 is 2.32 bits per heavy atom. The minimum absolute atomic E-state index is 0.0158. The highest BCUT2D eigenvalue weighted by atomic mass is 16.5. The van der Waals surface area contributed by atoms with Gasteiger partial charge in [-0.15, -0.1) is 0 Å². The van der Waals surface area contributed by atoms with E-state index in [0.717, 1.165) is 36.2 Å². The molecule has 1 atom stereocenters. The maximum Gasteiger partial charge on any atom is 0.112 e. The molecule has 2 heterocycles. The zero-order valence-electron chi connectivity index (χ0n) is 10.7. The Bertz CT molecular complexity index is 590. The molecule has 0 bridgehead atoms. The summed E-state index contributed by atoms with van der Waals surface area (Å²) in [4.78, 5) is 4.39.